The molecule has 0 bridgehead atoms. The maximum Gasteiger partial charge on any atom is 0.395 e. The molecule has 0 saturated heterocycles. The molecule has 0 aliphatic carbocycles. The monoisotopic (exact) mass is 320 g/mol. The van der Waals surface area contributed by atoms with Crippen molar-refractivity contribution in [3.8, 4) is 0 Å². The zero-order chi connectivity index (χ0) is 9.28. The van der Waals surface area contributed by atoms with Crippen molar-refractivity contribution in [2.45, 2.75) is 16.0 Å². The van der Waals surface area contributed by atoms with E-state index in [2.05, 4.69) is 0 Å². The van der Waals surface area contributed by atoms with Crippen molar-refractivity contribution < 1.29 is 13.2 Å². The minimum atomic E-state index is -4.32. The van der Waals surface area contributed by atoms with Gasteiger partial charge in [0.2, 0.25) is 0 Å². The van der Waals surface area contributed by atoms with E-state index in [4.69, 9.17) is 23.2 Å². The van der Waals surface area contributed by atoms with Crippen molar-refractivity contribution in [3.63, 3.8) is 0 Å². The van der Waals surface area contributed by atoms with Crippen molar-refractivity contribution in [2.75, 3.05) is 5.88 Å². The van der Waals surface area contributed by atoms with E-state index in [-0.39, 0.29) is 0 Å². The van der Waals surface area contributed by atoms with Crippen LogP contribution in [0.25, 0.3) is 0 Å². The van der Waals surface area contributed by atoms with Crippen molar-refractivity contribution in [1.82, 2.24) is 0 Å². The van der Waals surface area contributed by atoms with E-state index in [0.717, 1.165) is 0 Å². The van der Waals surface area contributed by atoms with Crippen LogP contribution in [0, 0.1) is 5.92 Å². The normalized spacial score (nSPS) is 21.0. The van der Waals surface area contributed by atoms with Crippen LogP contribution in [-0.4, -0.2) is 14.9 Å². The van der Waals surface area contributed by atoms with E-state index in [1.165, 1.54) is 29.5 Å². The molecule has 0 amide bonds. The zero-order valence-corrected chi connectivity index (χ0v) is 9.22. The van der Waals surface area contributed by atoms with Crippen LogP contribution in [0.5, 0.6) is 0 Å². The first kappa shape index (κ1) is 12.1. The third kappa shape index (κ3) is 4.03. The van der Waals surface area contributed by atoms with Crippen LogP contribution in [0.15, 0.2) is 0 Å². The smallest absolute Gasteiger partial charge is 0.171 e. The van der Waals surface area contributed by atoms with E-state index in [1.807, 2.05) is 0 Å². The van der Waals surface area contributed by atoms with Gasteiger partial charge in [-0.15, -0.1) is 23.2 Å². The summed E-state index contributed by atoms with van der Waals surface area (Å²) < 4.78 is 34.8. The summed E-state index contributed by atoms with van der Waals surface area (Å²) in [6.07, 6.45) is -4.32. The van der Waals surface area contributed by atoms with Gasteiger partial charge in [0.1, 0.15) is 2.88 Å². The Labute approximate surface area is 86.6 Å². The van der Waals surface area contributed by atoms with Crippen LogP contribution >= 0.6 is 45.8 Å². The summed E-state index contributed by atoms with van der Waals surface area (Å²) in [5, 5.41) is 0. The summed E-state index contributed by atoms with van der Waals surface area (Å²) in [4.78, 5) is 0. The fraction of sp³-hybridized carbons (Fsp3) is 1.00. The highest BCUT2D eigenvalue weighted by molar-refractivity contribution is 14.1. The van der Waals surface area contributed by atoms with E-state index >= 15 is 0 Å². The van der Waals surface area contributed by atoms with Gasteiger partial charge in [-0.05, 0) is 6.92 Å². The number of alkyl halides is 6. The Bertz CT molecular complexity index is 115. The highest BCUT2D eigenvalue weighted by Gasteiger charge is 2.48. The van der Waals surface area contributed by atoms with Gasteiger partial charge >= 0.3 is 6.18 Å². The predicted molar refractivity (Wildman–Crippen MR) is 48.5 cm³/mol. The summed E-state index contributed by atoms with van der Waals surface area (Å²) in [6.45, 7) is 1.29. The van der Waals surface area contributed by atoms with Crippen molar-refractivity contribution in [3.05, 3.63) is 0 Å². The summed E-state index contributed by atoms with van der Waals surface area (Å²) >= 11 is 12.1. The molecule has 0 aliphatic rings. The Hall–Kier alpha value is 1.10. The minimum Gasteiger partial charge on any atom is -0.171 e. The third-order valence-corrected chi connectivity index (χ3v) is 2.49. The van der Waals surface area contributed by atoms with E-state index in [9.17, 15) is 13.2 Å². The Morgan fingerprint density at radius 2 is 1.82 bits per heavy atom. The molecular formula is C5H6Cl2F3I. The first-order valence-corrected chi connectivity index (χ1v) is 4.69. The van der Waals surface area contributed by atoms with Crippen molar-refractivity contribution in [1.29, 1.82) is 0 Å². The van der Waals surface area contributed by atoms with Gasteiger partial charge in [0.25, 0.3) is 0 Å². The van der Waals surface area contributed by atoms with Gasteiger partial charge in [-0.2, -0.15) is 13.2 Å². The van der Waals surface area contributed by atoms with Gasteiger partial charge < -0.3 is 0 Å². The zero-order valence-electron chi connectivity index (χ0n) is 5.55. The summed E-state index contributed by atoms with van der Waals surface area (Å²) in [5.41, 5.74) is 0. The van der Waals surface area contributed by atoms with Gasteiger partial charge in [-0.25, -0.2) is 0 Å². The quantitative estimate of drug-likeness (QED) is 0.536. The molecule has 0 fully saturated rings. The lowest BCUT2D eigenvalue weighted by Gasteiger charge is -2.26. The highest BCUT2D eigenvalue weighted by atomic mass is 127. The molecule has 0 N–H and O–H groups in total. The molecule has 0 heterocycles. The fourth-order valence-corrected chi connectivity index (χ4v) is 2.11. The van der Waals surface area contributed by atoms with E-state index < -0.39 is 20.9 Å². The number of rotatable bonds is 2. The van der Waals surface area contributed by atoms with Crippen LogP contribution in [0.1, 0.15) is 6.92 Å². The molecule has 0 radical (unpaired) electrons. The third-order valence-electron chi connectivity index (χ3n) is 1.16. The fourth-order valence-electron chi connectivity index (χ4n) is 0.510. The summed E-state index contributed by atoms with van der Waals surface area (Å²) in [6, 6.07) is 0. The molecular weight excluding hydrogens is 315 g/mol. The minimum absolute atomic E-state index is 0.507. The average molecular weight is 321 g/mol. The molecule has 0 aromatic carbocycles. The highest BCUT2D eigenvalue weighted by Crippen LogP contribution is 2.43. The van der Waals surface area contributed by atoms with Gasteiger partial charge in [-0.3, -0.25) is 0 Å². The second-order valence-electron chi connectivity index (χ2n) is 2.20. The van der Waals surface area contributed by atoms with Crippen LogP contribution in [0.2, 0.25) is 0 Å². The standard InChI is InChI=1S/C5H6Cl2F3I/c1-4(7,11)3(2-6)5(8,9)10/h3H,2H2,1H3. The van der Waals surface area contributed by atoms with E-state index in [1.54, 1.807) is 0 Å². The number of hydrogen-bond acceptors (Lipinski definition) is 0. The molecule has 6 heteroatoms. The van der Waals surface area contributed by atoms with Crippen molar-refractivity contribution in [2.24, 2.45) is 5.92 Å². The van der Waals surface area contributed by atoms with Crippen molar-refractivity contribution >= 4 is 45.8 Å². The molecule has 68 valence electrons. The lowest BCUT2D eigenvalue weighted by atomic mass is 10.1. The second kappa shape index (κ2) is 3.87. The predicted octanol–water partition coefficient (Wildman–Crippen LogP) is 3.79. The van der Waals surface area contributed by atoms with Gasteiger partial charge in [0.05, 0.1) is 5.92 Å². The summed E-state index contributed by atoms with van der Waals surface area (Å²) in [7, 11) is 0. The largest absolute Gasteiger partial charge is 0.395 e. The number of halogens is 6. The second-order valence-corrected chi connectivity index (χ2v) is 6.18. The van der Waals surface area contributed by atoms with Crippen LogP contribution in [0.3, 0.4) is 0 Å². The first-order chi connectivity index (χ1) is 4.69. The Morgan fingerprint density at radius 3 is 1.82 bits per heavy atom. The lowest BCUT2D eigenvalue weighted by Crippen LogP contribution is -2.36. The van der Waals surface area contributed by atoms with Crippen LogP contribution in [-0.2, 0) is 0 Å². The summed E-state index contributed by atoms with van der Waals surface area (Å²) in [5.74, 6) is -2.18. The maximum absolute atomic E-state index is 12.0. The molecule has 0 aromatic heterocycles. The molecule has 0 aromatic rings. The molecule has 0 spiro atoms. The SMILES string of the molecule is CC(Cl)(I)C(CCl)C(F)(F)F. The molecule has 2 unspecified atom stereocenters. The van der Waals surface area contributed by atoms with Gasteiger partial charge in [-0.1, -0.05) is 22.6 Å². The molecule has 0 rings (SSSR count). The van der Waals surface area contributed by atoms with Gasteiger partial charge in [0, 0.05) is 5.88 Å². The molecule has 11 heavy (non-hydrogen) atoms. The molecule has 0 aliphatic heterocycles. The topological polar surface area (TPSA) is 0 Å². The lowest BCUT2D eigenvalue weighted by molar-refractivity contribution is -0.168. The maximum atomic E-state index is 12.0. The first-order valence-electron chi connectivity index (χ1n) is 2.70. The van der Waals surface area contributed by atoms with E-state index in [0.29, 0.717) is 0 Å². The van der Waals surface area contributed by atoms with Crippen LogP contribution < -0.4 is 0 Å². The molecule has 0 nitrogen and oxygen atoms in total. The number of hydrogen-bond donors (Lipinski definition) is 0. The Morgan fingerprint density at radius 1 is 1.45 bits per heavy atom. The Kier molecular flexibility index (Phi) is 4.26. The average Bonchev–Trinajstić information content (AvgIpc) is 1.56. The molecule has 2 atom stereocenters. The van der Waals surface area contributed by atoms with Gasteiger partial charge in [0.15, 0.2) is 0 Å². The van der Waals surface area contributed by atoms with Crippen LogP contribution in [0.4, 0.5) is 13.2 Å². The Balaban J connectivity index is 4.43. The molecule has 0 saturated carbocycles.